The predicted octanol–water partition coefficient (Wildman–Crippen LogP) is 2.08. The maximum absolute atomic E-state index is 15.3. The lowest BCUT2D eigenvalue weighted by atomic mass is 9.46. The number of halogens is 3. The van der Waals surface area contributed by atoms with Crippen LogP contribution in [0.4, 0.5) is 4.39 Å². The van der Waals surface area contributed by atoms with Gasteiger partial charge in [0.05, 0.1) is 16.4 Å². The number of aliphatic hydroxyl groups excluding tert-OH is 2. The van der Waals surface area contributed by atoms with Crippen LogP contribution in [0.25, 0.3) is 0 Å². The number of fused-ring (bicyclic) bond motifs is 5. The molecule has 0 aromatic carbocycles. The summed E-state index contributed by atoms with van der Waals surface area (Å²) in [5.41, 5.74) is -4.08. The van der Waals surface area contributed by atoms with Gasteiger partial charge in [0.25, 0.3) is 0 Å². The first-order valence-electron chi connectivity index (χ1n) is 9.84. The Morgan fingerprint density at radius 2 is 1.97 bits per heavy atom. The third-order valence-electron chi connectivity index (χ3n) is 8.37. The van der Waals surface area contributed by atoms with Crippen molar-refractivity contribution in [3.8, 4) is 0 Å². The first kappa shape index (κ1) is 21.4. The molecular formula is C21H25Cl2FO5. The maximum Gasteiger partial charge on any atom is 0.192 e. The number of hydrogen-bond donors (Lipinski definition) is 3. The number of ketones is 2. The fourth-order valence-electron chi connectivity index (χ4n) is 6.78. The van der Waals surface area contributed by atoms with Crippen molar-refractivity contribution in [2.45, 2.75) is 61.2 Å². The second kappa shape index (κ2) is 6.36. The number of hydrogen-bond acceptors (Lipinski definition) is 5. The zero-order chi connectivity index (χ0) is 21.6. The van der Waals surface area contributed by atoms with E-state index in [9.17, 15) is 24.9 Å². The Kier molecular flexibility index (Phi) is 4.70. The topological polar surface area (TPSA) is 94.8 Å². The van der Waals surface area contributed by atoms with Crippen LogP contribution in [-0.2, 0) is 9.59 Å². The molecule has 0 heterocycles. The van der Waals surface area contributed by atoms with E-state index in [4.69, 9.17) is 23.2 Å². The number of rotatable bonds is 2. The van der Waals surface area contributed by atoms with E-state index in [1.807, 2.05) is 0 Å². The average Bonchev–Trinajstić information content (AvgIpc) is 2.86. The van der Waals surface area contributed by atoms with Gasteiger partial charge in [-0.3, -0.25) is 9.59 Å². The van der Waals surface area contributed by atoms with Gasteiger partial charge >= 0.3 is 0 Å². The van der Waals surface area contributed by atoms with Crippen LogP contribution in [0.5, 0.6) is 0 Å². The molecule has 4 rings (SSSR count). The van der Waals surface area contributed by atoms with Gasteiger partial charge < -0.3 is 15.3 Å². The molecule has 0 spiro atoms. The van der Waals surface area contributed by atoms with Gasteiger partial charge in [0.15, 0.2) is 17.2 Å². The van der Waals surface area contributed by atoms with Gasteiger partial charge in [-0.2, -0.15) is 0 Å². The zero-order valence-corrected chi connectivity index (χ0v) is 17.8. The van der Waals surface area contributed by atoms with Crippen LogP contribution < -0.4 is 0 Å². The third kappa shape index (κ3) is 2.33. The van der Waals surface area contributed by atoms with Crippen molar-refractivity contribution in [2.75, 3.05) is 6.61 Å². The van der Waals surface area contributed by atoms with E-state index >= 15 is 4.39 Å². The van der Waals surface area contributed by atoms with Crippen molar-refractivity contribution < 1.29 is 29.3 Å². The molecule has 29 heavy (non-hydrogen) atoms. The number of Topliss-reactive ketones (excluding diaryl/α,β-unsaturated/α-hetero) is 1. The Morgan fingerprint density at radius 1 is 1.31 bits per heavy atom. The lowest BCUT2D eigenvalue weighted by molar-refractivity contribution is -0.176. The van der Waals surface area contributed by atoms with Crippen molar-refractivity contribution in [2.24, 2.45) is 22.7 Å². The number of alkyl halides is 3. The largest absolute Gasteiger partial charge is 0.390 e. The molecule has 9 atom stereocenters. The summed E-state index contributed by atoms with van der Waals surface area (Å²) >= 11 is 14.1. The Labute approximate surface area is 178 Å². The predicted molar refractivity (Wildman–Crippen MR) is 105 cm³/mol. The van der Waals surface area contributed by atoms with Crippen LogP contribution in [0, 0.1) is 22.7 Å². The molecule has 4 aliphatic rings. The molecule has 4 aliphatic carbocycles. The highest BCUT2D eigenvalue weighted by atomic mass is 35.5. The van der Waals surface area contributed by atoms with Crippen LogP contribution in [0.15, 0.2) is 23.8 Å². The van der Waals surface area contributed by atoms with Gasteiger partial charge in [-0.1, -0.05) is 19.9 Å². The Bertz CT molecular complexity index is 845. The molecule has 0 bridgehead atoms. The lowest BCUT2D eigenvalue weighted by Crippen LogP contribution is -2.69. The van der Waals surface area contributed by atoms with Crippen LogP contribution in [0.3, 0.4) is 0 Å². The second-order valence-corrected chi connectivity index (χ2v) is 10.6. The lowest BCUT2D eigenvalue weighted by Gasteiger charge is -2.64. The molecule has 0 amide bonds. The van der Waals surface area contributed by atoms with E-state index in [1.54, 1.807) is 19.9 Å². The second-order valence-electron chi connectivity index (χ2n) is 9.41. The summed E-state index contributed by atoms with van der Waals surface area (Å²) in [5, 5.41) is 30.5. The average molecular weight is 447 g/mol. The fraction of sp³-hybridized carbons (Fsp3) is 0.714. The molecule has 8 heteroatoms. The molecule has 0 aromatic heterocycles. The SMILES string of the molecule is C[C@]12C=CC(=O)C=C1[C@@H](F)CC1C3C[C@@H](O)[C@](O)(C(=O)CO)[C@@]3(C)C[C@H](Cl)[C@@]12Cl. The van der Waals surface area contributed by atoms with E-state index in [-0.39, 0.29) is 25.0 Å². The molecule has 5 nitrogen and oxygen atoms in total. The molecule has 2 unspecified atom stereocenters. The van der Waals surface area contributed by atoms with Gasteiger partial charge in [-0.15, -0.1) is 23.2 Å². The Balaban J connectivity index is 1.87. The standard InChI is InChI=1S/C21H25Cl2FO5/c1-18-4-3-10(26)5-13(18)14(24)6-12-11-7-16(27)21(29,17(28)9-25)19(11,2)8-15(22)20(12,18)23/h3-5,11-12,14-16,25,27,29H,6-9H2,1-2H3/t11?,12?,14-,15-,16+,18-,19-,20-,21-/m0/s1. The van der Waals surface area contributed by atoms with E-state index in [0.717, 1.165) is 0 Å². The Morgan fingerprint density at radius 3 is 2.59 bits per heavy atom. The molecule has 0 saturated heterocycles. The summed E-state index contributed by atoms with van der Waals surface area (Å²) in [6.07, 6.45) is 1.55. The van der Waals surface area contributed by atoms with Crippen molar-refractivity contribution in [3.05, 3.63) is 23.8 Å². The monoisotopic (exact) mass is 446 g/mol. The minimum absolute atomic E-state index is 0.0222. The van der Waals surface area contributed by atoms with Gasteiger partial charge in [-0.05, 0) is 48.8 Å². The summed E-state index contributed by atoms with van der Waals surface area (Å²) in [7, 11) is 0. The number of aliphatic hydroxyl groups is 3. The number of carbonyl (C=O) groups excluding carboxylic acids is 2. The third-order valence-corrected chi connectivity index (χ3v) is 9.92. The zero-order valence-electron chi connectivity index (χ0n) is 16.2. The molecular weight excluding hydrogens is 422 g/mol. The summed E-state index contributed by atoms with van der Waals surface area (Å²) in [5.74, 6) is -2.22. The Hall–Kier alpha value is -0.790. The van der Waals surface area contributed by atoms with Gasteiger partial charge in [0.2, 0.25) is 0 Å². The highest BCUT2D eigenvalue weighted by molar-refractivity contribution is 6.34. The highest BCUT2D eigenvalue weighted by Gasteiger charge is 2.76. The van der Waals surface area contributed by atoms with Gasteiger partial charge in [0, 0.05) is 10.8 Å². The summed E-state index contributed by atoms with van der Waals surface area (Å²) < 4.78 is 15.3. The molecule has 160 valence electrons. The minimum atomic E-state index is -2.18. The summed E-state index contributed by atoms with van der Waals surface area (Å²) in [4.78, 5) is 23.2. The van der Waals surface area contributed by atoms with Crippen LogP contribution in [-0.4, -0.2) is 61.6 Å². The maximum atomic E-state index is 15.3. The molecule has 3 fully saturated rings. The smallest absolute Gasteiger partial charge is 0.192 e. The van der Waals surface area contributed by atoms with E-state index in [1.165, 1.54) is 12.2 Å². The van der Waals surface area contributed by atoms with Gasteiger partial charge in [0.1, 0.15) is 12.8 Å². The minimum Gasteiger partial charge on any atom is -0.390 e. The fourth-order valence-corrected chi connectivity index (χ4v) is 7.98. The first-order valence-corrected chi connectivity index (χ1v) is 10.7. The molecule has 0 aliphatic heterocycles. The van der Waals surface area contributed by atoms with Crippen molar-refractivity contribution in [1.82, 2.24) is 0 Å². The van der Waals surface area contributed by atoms with E-state index < -0.39 is 63.2 Å². The van der Waals surface area contributed by atoms with Crippen molar-refractivity contribution in [3.63, 3.8) is 0 Å². The van der Waals surface area contributed by atoms with Crippen molar-refractivity contribution in [1.29, 1.82) is 0 Å². The molecule has 3 N–H and O–H groups in total. The number of carbonyl (C=O) groups is 2. The normalized spacial score (nSPS) is 53.7. The molecule has 0 aromatic rings. The highest BCUT2D eigenvalue weighted by Crippen LogP contribution is 2.71. The molecule has 0 radical (unpaired) electrons. The van der Waals surface area contributed by atoms with E-state index in [2.05, 4.69) is 0 Å². The summed E-state index contributed by atoms with van der Waals surface area (Å²) in [6, 6.07) is 0. The quantitative estimate of drug-likeness (QED) is 0.564. The van der Waals surface area contributed by atoms with Crippen LogP contribution >= 0.6 is 23.2 Å². The van der Waals surface area contributed by atoms with Crippen molar-refractivity contribution >= 4 is 34.8 Å². The molecule has 3 saturated carbocycles. The first-order chi connectivity index (χ1) is 13.4. The number of allylic oxidation sites excluding steroid dienone is 4. The van der Waals surface area contributed by atoms with Crippen LogP contribution in [0.1, 0.15) is 33.1 Å². The van der Waals surface area contributed by atoms with Crippen LogP contribution in [0.2, 0.25) is 0 Å². The summed E-state index contributed by atoms with van der Waals surface area (Å²) in [6.45, 7) is 2.51. The van der Waals surface area contributed by atoms with E-state index in [0.29, 0.717) is 5.57 Å². The van der Waals surface area contributed by atoms with Gasteiger partial charge in [-0.25, -0.2) is 4.39 Å².